The molecule has 4 bridgehead atoms. The molecule has 6 rings (SSSR count). The van der Waals surface area contributed by atoms with Crippen molar-refractivity contribution in [1.82, 2.24) is 5.32 Å². The Bertz CT molecular complexity index is 877. The van der Waals surface area contributed by atoms with E-state index in [4.69, 9.17) is 9.15 Å². The maximum atomic E-state index is 12.8. The molecule has 4 fully saturated rings. The van der Waals surface area contributed by atoms with Crippen LogP contribution >= 0.6 is 0 Å². The van der Waals surface area contributed by atoms with E-state index < -0.39 is 0 Å². The molecule has 1 amide bonds. The summed E-state index contributed by atoms with van der Waals surface area (Å²) in [6.07, 6.45) is 6.60. The third-order valence-corrected chi connectivity index (χ3v) is 7.51. The van der Waals surface area contributed by atoms with Crippen molar-refractivity contribution in [1.29, 1.82) is 0 Å². The molecule has 0 atom stereocenters. The zero-order valence-electron chi connectivity index (χ0n) is 18.3. The third-order valence-electron chi connectivity index (χ3n) is 7.51. The molecule has 1 aromatic heterocycles. The van der Waals surface area contributed by atoms with Crippen molar-refractivity contribution in [3.63, 3.8) is 0 Å². The first-order valence-electron chi connectivity index (χ1n) is 11.5. The van der Waals surface area contributed by atoms with Crippen molar-refractivity contribution in [2.45, 2.75) is 70.9 Å². The van der Waals surface area contributed by atoms with E-state index in [-0.39, 0.29) is 11.3 Å². The van der Waals surface area contributed by atoms with E-state index in [2.05, 4.69) is 38.2 Å². The number of ether oxygens (including phenoxy) is 1. The number of carbonyl (C=O) groups is 1. The molecule has 160 valence electrons. The largest absolute Gasteiger partial charge is 0.486 e. The summed E-state index contributed by atoms with van der Waals surface area (Å²) in [5.41, 5.74) is 1.40. The van der Waals surface area contributed by atoms with Gasteiger partial charge in [0.15, 0.2) is 5.76 Å². The number of rotatable bonds is 5. The Balaban J connectivity index is 1.17. The molecule has 2 aromatic rings. The highest BCUT2D eigenvalue weighted by Gasteiger charge is 2.48. The lowest BCUT2D eigenvalue weighted by Crippen LogP contribution is -2.55. The lowest BCUT2D eigenvalue weighted by molar-refractivity contribution is -0.0123. The van der Waals surface area contributed by atoms with E-state index in [0.717, 1.165) is 17.6 Å². The molecule has 0 spiro atoms. The molecule has 4 nitrogen and oxygen atoms in total. The summed E-state index contributed by atoms with van der Waals surface area (Å²) in [5, 5.41) is 3.31. The molecule has 1 aromatic carbocycles. The zero-order chi connectivity index (χ0) is 20.9. The van der Waals surface area contributed by atoms with Crippen LogP contribution in [0.1, 0.15) is 74.8 Å². The lowest BCUT2D eigenvalue weighted by Gasteiger charge is -2.54. The number of carbonyl (C=O) groups excluding carboxylic acids is 1. The van der Waals surface area contributed by atoms with Crippen LogP contribution in [0.2, 0.25) is 0 Å². The molecule has 0 unspecified atom stereocenters. The molecule has 0 saturated heterocycles. The summed E-state index contributed by atoms with van der Waals surface area (Å²) in [6, 6.07) is 12.1. The van der Waals surface area contributed by atoms with Gasteiger partial charge in [-0.25, -0.2) is 0 Å². The minimum absolute atomic E-state index is 0.0757. The Kier molecular flexibility index (Phi) is 4.91. The van der Waals surface area contributed by atoms with E-state index in [0.29, 0.717) is 36.0 Å². The van der Waals surface area contributed by atoms with Crippen LogP contribution in [0.4, 0.5) is 0 Å². The van der Waals surface area contributed by atoms with E-state index >= 15 is 0 Å². The SMILES string of the molecule is CC(C)(C)c1ccc(OCc2ccc(C(=O)NC3C4CC5CC(C4)CC3C5)o2)cc1. The molecule has 1 N–H and O–H groups in total. The molecule has 4 aliphatic carbocycles. The van der Waals surface area contributed by atoms with Gasteiger partial charge in [-0.3, -0.25) is 4.79 Å². The maximum absolute atomic E-state index is 12.8. The second kappa shape index (κ2) is 7.47. The van der Waals surface area contributed by atoms with Crippen LogP contribution < -0.4 is 10.1 Å². The van der Waals surface area contributed by atoms with Crippen molar-refractivity contribution < 1.29 is 13.9 Å². The molecule has 1 heterocycles. The summed E-state index contributed by atoms with van der Waals surface area (Å²) in [7, 11) is 0. The minimum atomic E-state index is -0.0757. The number of amides is 1. The van der Waals surface area contributed by atoms with E-state index in [1.165, 1.54) is 37.7 Å². The highest BCUT2D eigenvalue weighted by Crippen LogP contribution is 2.53. The van der Waals surface area contributed by atoms with Crippen LogP contribution in [0.5, 0.6) is 5.75 Å². The smallest absolute Gasteiger partial charge is 0.287 e. The van der Waals surface area contributed by atoms with Crippen LogP contribution in [0.25, 0.3) is 0 Å². The van der Waals surface area contributed by atoms with Gasteiger partial charge in [0, 0.05) is 6.04 Å². The van der Waals surface area contributed by atoms with Gasteiger partial charge in [0.1, 0.15) is 18.1 Å². The maximum Gasteiger partial charge on any atom is 0.287 e. The molecular weight excluding hydrogens is 374 g/mol. The predicted octanol–water partition coefficient (Wildman–Crippen LogP) is 5.71. The Labute approximate surface area is 179 Å². The highest BCUT2D eigenvalue weighted by molar-refractivity contribution is 5.91. The topological polar surface area (TPSA) is 51.5 Å². The van der Waals surface area contributed by atoms with E-state index in [1.54, 1.807) is 6.07 Å². The first kappa shape index (κ1) is 19.7. The molecule has 0 aliphatic heterocycles. The summed E-state index contributed by atoms with van der Waals surface area (Å²) >= 11 is 0. The molecule has 4 saturated carbocycles. The van der Waals surface area contributed by atoms with Crippen molar-refractivity contribution >= 4 is 5.91 Å². The molecule has 0 radical (unpaired) electrons. The second-order valence-electron chi connectivity index (χ2n) is 10.8. The van der Waals surface area contributed by atoms with Gasteiger partial charge >= 0.3 is 0 Å². The van der Waals surface area contributed by atoms with Gasteiger partial charge in [0.05, 0.1) is 0 Å². The lowest BCUT2D eigenvalue weighted by atomic mass is 9.54. The molecule has 4 aliphatic rings. The average molecular weight is 408 g/mol. The Hall–Kier alpha value is -2.23. The fraction of sp³-hybridized carbons (Fsp3) is 0.577. The van der Waals surface area contributed by atoms with Crippen LogP contribution in [-0.2, 0) is 12.0 Å². The second-order valence-corrected chi connectivity index (χ2v) is 10.8. The minimum Gasteiger partial charge on any atom is -0.486 e. The Morgan fingerprint density at radius 3 is 2.20 bits per heavy atom. The van der Waals surface area contributed by atoms with Crippen molar-refractivity contribution in [3.05, 3.63) is 53.5 Å². The number of nitrogens with one attached hydrogen (secondary N) is 1. The quantitative estimate of drug-likeness (QED) is 0.690. The van der Waals surface area contributed by atoms with Crippen molar-refractivity contribution in [2.24, 2.45) is 23.7 Å². The van der Waals surface area contributed by atoms with Gasteiger partial charge in [-0.15, -0.1) is 0 Å². The fourth-order valence-electron chi connectivity index (χ4n) is 6.17. The standard InChI is InChI=1S/C26H33NO3/c1-26(2,3)20-4-6-21(7-5-20)29-15-22-8-9-23(30-22)25(28)27-24-18-11-16-10-17(13-18)14-19(24)12-16/h4-9,16-19,24H,10-15H2,1-3H3,(H,27,28). The normalized spacial score (nSPS) is 29.8. The molecular formula is C26H33NO3. The number of hydrogen-bond donors (Lipinski definition) is 1. The first-order chi connectivity index (χ1) is 14.3. The average Bonchev–Trinajstić information content (AvgIpc) is 3.17. The van der Waals surface area contributed by atoms with Gasteiger partial charge in [-0.2, -0.15) is 0 Å². The summed E-state index contributed by atoms with van der Waals surface area (Å²) in [5.74, 6) is 4.94. The van der Waals surface area contributed by atoms with Gasteiger partial charge in [-0.1, -0.05) is 32.9 Å². The van der Waals surface area contributed by atoms with Gasteiger partial charge in [-0.05, 0) is 91.0 Å². The van der Waals surface area contributed by atoms with Crippen LogP contribution in [-0.4, -0.2) is 11.9 Å². The zero-order valence-corrected chi connectivity index (χ0v) is 18.3. The van der Waals surface area contributed by atoms with Crippen LogP contribution in [0.15, 0.2) is 40.8 Å². The monoisotopic (exact) mass is 407 g/mol. The van der Waals surface area contributed by atoms with E-state index in [1.807, 2.05) is 18.2 Å². The van der Waals surface area contributed by atoms with Crippen molar-refractivity contribution in [2.75, 3.05) is 0 Å². The highest BCUT2D eigenvalue weighted by atomic mass is 16.5. The third kappa shape index (κ3) is 3.89. The molecule has 4 heteroatoms. The van der Waals surface area contributed by atoms with Gasteiger partial charge in [0.25, 0.3) is 5.91 Å². The van der Waals surface area contributed by atoms with Crippen molar-refractivity contribution in [3.8, 4) is 5.75 Å². The summed E-state index contributed by atoms with van der Waals surface area (Å²) < 4.78 is 11.7. The van der Waals surface area contributed by atoms with Gasteiger partial charge in [0.2, 0.25) is 0 Å². The number of hydrogen-bond acceptors (Lipinski definition) is 3. The molecule has 30 heavy (non-hydrogen) atoms. The van der Waals surface area contributed by atoms with Crippen LogP contribution in [0.3, 0.4) is 0 Å². The Morgan fingerprint density at radius 1 is 0.967 bits per heavy atom. The number of benzene rings is 1. The summed E-state index contributed by atoms with van der Waals surface area (Å²) in [4.78, 5) is 12.8. The first-order valence-corrected chi connectivity index (χ1v) is 11.5. The summed E-state index contributed by atoms with van der Waals surface area (Å²) in [6.45, 7) is 6.91. The number of furan rings is 1. The van der Waals surface area contributed by atoms with Gasteiger partial charge < -0.3 is 14.5 Å². The fourth-order valence-corrected chi connectivity index (χ4v) is 6.17. The van der Waals surface area contributed by atoms with Crippen LogP contribution in [0, 0.1) is 23.7 Å². The predicted molar refractivity (Wildman–Crippen MR) is 116 cm³/mol. The van der Waals surface area contributed by atoms with E-state index in [9.17, 15) is 4.79 Å². The Morgan fingerprint density at radius 2 is 1.60 bits per heavy atom.